The van der Waals surface area contributed by atoms with Gasteiger partial charge in [0.2, 0.25) is 0 Å². The number of nitrogens with zero attached hydrogens (tertiary/aromatic N) is 2. The van der Waals surface area contributed by atoms with Gasteiger partial charge < -0.3 is 15.4 Å². The third-order valence-corrected chi connectivity index (χ3v) is 3.97. The summed E-state index contributed by atoms with van der Waals surface area (Å²) in [5.41, 5.74) is 6.67. The maximum Gasteiger partial charge on any atom is 0.253 e. The second kappa shape index (κ2) is 8.45. The highest BCUT2D eigenvalue weighted by atomic mass is 16.5. The van der Waals surface area contributed by atoms with Crippen LogP contribution < -0.4 is 10.5 Å². The first-order valence-electron chi connectivity index (χ1n) is 8.16. The van der Waals surface area contributed by atoms with E-state index in [2.05, 4.69) is 18.8 Å². The second-order valence-electron chi connectivity index (χ2n) is 6.24. The fourth-order valence-electron chi connectivity index (χ4n) is 2.21. The molecule has 0 aliphatic carbocycles. The Bertz CT molecular complexity index is 641. The highest BCUT2D eigenvalue weighted by Gasteiger charge is 2.14. The average molecular weight is 327 g/mol. The molecule has 5 nitrogen and oxygen atoms in total. The molecule has 2 rings (SSSR count). The third-order valence-electron chi connectivity index (χ3n) is 3.97. The quantitative estimate of drug-likeness (QED) is 0.847. The molecule has 1 heterocycles. The molecule has 24 heavy (non-hydrogen) atoms. The number of carbonyl (C=O) groups excluding carboxylic acids is 1. The van der Waals surface area contributed by atoms with E-state index in [0.717, 1.165) is 6.42 Å². The summed E-state index contributed by atoms with van der Waals surface area (Å²) in [4.78, 5) is 18.1. The first-order valence-corrected chi connectivity index (χ1v) is 8.16. The van der Waals surface area contributed by atoms with Crippen LogP contribution in [0.4, 0.5) is 0 Å². The summed E-state index contributed by atoms with van der Waals surface area (Å²) in [6.07, 6.45) is 4.13. The SMILES string of the molecule is CC(C)C(N)CCN(C)C(=O)c1ccc(Oc2cccnc2)cc1. The molecule has 0 aliphatic heterocycles. The molecule has 1 unspecified atom stereocenters. The van der Waals surface area contributed by atoms with Gasteiger partial charge in [-0.3, -0.25) is 9.78 Å². The Kier molecular flexibility index (Phi) is 6.32. The van der Waals surface area contributed by atoms with Crippen LogP contribution in [0.15, 0.2) is 48.8 Å². The number of hydrogen-bond acceptors (Lipinski definition) is 4. The van der Waals surface area contributed by atoms with Crippen LogP contribution in [0.3, 0.4) is 0 Å². The van der Waals surface area contributed by atoms with Crippen molar-refractivity contribution in [3.63, 3.8) is 0 Å². The number of rotatable bonds is 7. The van der Waals surface area contributed by atoms with Crippen molar-refractivity contribution in [1.82, 2.24) is 9.88 Å². The van der Waals surface area contributed by atoms with Gasteiger partial charge in [-0.25, -0.2) is 0 Å². The van der Waals surface area contributed by atoms with Crippen molar-refractivity contribution >= 4 is 5.91 Å². The van der Waals surface area contributed by atoms with E-state index in [0.29, 0.717) is 29.5 Å². The number of aromatic nitrogens is 1. The lowest BCUT2D eigenvalue weighted by Crippen LogP contribution is -2.34. The molecule has 0 aliphatic rings. The van der Waals surface area contributed by atoms with Crippen LogP contribution >= 0.6 is 0 Å². The Morgan fingerprint density at radius 2 is 1.92 bits per heavy atom. The maximum absolute atomic E-state index is 12.4. The van der Waals surface area contributed by atoms with Crippen molar-refractivity contribution in [2.75, 3.05) is 13.6 Å². The van der Waals surface area contributed by atoms with E-state index in [1.807, 2.05) is 12.1 Å². The van der Waals surface area contributed by atoms with Crippen molar-refractivity contribution in [3.05, 3.63) is 54.4 Å². The van der Waals surface area contributed by atoms with Crippen LogP contribution in [0, 0.1) is 5.92 Å². The fraction of sp³-hybridized carbons (Fsp3) is 0.368. The standard InChI is InChI=1S/C19H25N3O2/c1-14(2)18(20)10-12-22(3)19(23)15-6-8-16(9-7-15)24-17-5-4-11-21-13-17/h4-9,11,13-14,18H,10,12,20H2,1-3H3. The van der Waals surface area contributed by atoms with E-state index >= 15 is 0 Å². The van der Waals surface area contributed by atoms with Gasteiger partial charge in [-0.05, 0) is 48.7 Å². The Labute approximate surface area is 143 Å². The van der Waals surface area contributed by atoms with Gasteiger partial charge in [0.25, 0.3) is 5.91 Å². The molecule has 2 aromatic rings. The molecule has 0 fully saturated rings. The summed E-state index contributed by atoms with van der Waals surface area (Å²) in [6, 6.07) is 10.9. The predicted octanol–water partition coefficient (Wildman–Crippen LogP) is 3.32. The molecule has 1 amide bonds. The zero-order valence-electron chi connectivity index (χ0n) is 14.5. The first kappa shape index (κ1) is 17.9. The summed E-state index contributed by atoms with van der Waals surface area (Å²) < 4.78 is 5.67. The highest BCUT2D eigenvalue weighted by Crippen LogP contribution is 2.21. The van der Waals surface area contributed by atoms with Gasteiger partial charge in [-0.1, -0.05) is 13.8 Å². The van der Waals surface area contributed by atoms with Crippen molar-refractivity contribution in [1.29, 1.82) is 0 Å². The molecule has 0 saturated heterocycles. The minimum atomic E-state index is -0.0149. The number of ether oxygens (including phenoxy) is 1. The number of amides is 1. The van der Waals surface area contributed by atoms with E-state index in [1.54, 1.807) is 48.6 Å². The molecule has 0 spiro atoms. The van der Waals surface area contributed by atoms with Crippen molar-refractivity contribution in [2.45, 2.75) is 26.3 Å². The number of hydrogen-bond donors (Lipinski definition) is 1. The van der Waals surface area contributed by atoms with E-state index in [9.17, 15) is 4.79 Å². The van der Waals surface area contributed by atoms with Gasteiger partial charge in [-0.15, -0.1) is 0 Å². The second-order valence-corrected chi connectivity index (χ2v) is 6.24. The molecule has 0 radical (unpaired) electrons. The van der Waals surface area contributed by atoms with Gasteiger partial charge in [0.1, 0.15) is 11.5 Å². The number of carbonyl (C=O) groups is 1. The molecule has 0 bridgehead atoms. The zero-order valence-corrected chi connectivity index (χ0v) is 14.5. The minimum absolute atomic E-state index is 0.0149. The largest absolute Gasteiger partial charge is 0.456 e. The topological polar surface area (TPSA) is 68.5 Å². The summed E-state index contributed by atoms with van der Waals surface area (Å²) >= 11 is 0. The molecule has 1 aromatic carbocycles. The highest BCUT2D eigenvalue weighted by molar-refractivity contribution is 5.94. The van der Waals surface area contributed by atoms with Crippen LogP contribution in [0.1, 0.15) is 30.6 Å². The lowest BCUT2D eigenvalue weighted by atomic mass is 10.0. The monoisotopic (exact) mass is 327 g/mol. The summed E-state index contributed by atoms with van der Waals surface area (Å²) in [7, 11) is 1.80. The van der Waals surface area contributed by atoms with Crippen LogP contribution in [-0.2, 0) is 0 Å². The van der Waals surface area contributed by atoms with Gasteiger partial charge >= 0.3 is 0 Å². The lowest BCUT2D eigenvalue weighted by Gasteiger charge is -2.21. The molecule has 1 atom stereocenters. The Morgan fingerprint density at radius 1 is 1.21 bits per heavy atom. The lowest BCUT2D eigenvalue weighted by molar-refractivity contribution is 0.0789. The Morgan fingerprint density at radius 3 is 2.50 bits per heavy atom. The molecule has 2 N–H and O–H groups in total. The van der Waals surface area contributed by atoms with Gasteiger partial charge in [0.15, 0.2) is 0 Å². The van der Waals surface area contributed by atoms with E-state index in [-0.39, 0.29) is 11.9 Å². The van der Waals surface area contributed by atoms with Gasteiger partial charge in [0, 0.05) is 31.4 Å². The number of pyridine rings is 1. The fourth-order valence-corrected chi connectivity index (χ4v) is 2.21. The molecule has 1 aromatic heterocycles. The van der Waals surface area contributed by atoms with E-state index in [1.165, 1.54) is 0 Å². The average Bonchev–Trinajstić information content (AvgIpc) is 2.60. The van der Waals surface area contributed by atoms with Crippen LogP contribution in [0.25, 0.3) is 0 Å². The van der Waals surface area contributed by atoms with Gasteiger partial charge in [0.05, 0.1) is 6.20 Å². The number of nitrogens with two attached hydrogens (primary N) is 1. The minimum Gasteiger partial charge on any atom is -0.456 e. The van der Waals surface area contributed by atoms with Crippen molar-refractivity contribution in [3.8, 4) is 11.5 Å². The summed E-state index contributed by atoms with van der Waals surface area (Å²) in [6.45, 7) is 4.83. The predicted molar refractivity (Wildman–Crippen MR) is 95.1 cm³/mol. The van der Waals surface area contributed by atoms with Gasteiger partial charge in [-0.2, -0.15) is 0 Å². The molecular formula is C19H25N3O2. The summed E-state index contributed by atoms with van der Waals surface area (Å²) in [5.74, 6) is 1.73. The summed E-state index contributed by atoms with van der Waals surface area (Å²) in [5, 5.41) is 0. The van der Waals surface area contributed by atoms with Crippen molar-refractivity contribution in [2.24, 2.45) is 11.7 Å². The van der Waals surface area contributed by atoms with E-state index < -0.39 is 0 Å². The van der Waals surface area contributed by atoms with Crippen LogP contribution in [0.2, 0.25) is 0 Å². The molecule has 128 valence electrons. The molecule has 5 heteroatoms. The van der Waals surface area contributed by atoms with Crippen LogP contribution in [-0.4, -0.2) is 35.4 Å². The van der Waals surface area contributed by atoms with Crippen molar-refractivity contribution < 1.29 is 9.53 Å². The maximum atomic E-state index is 12.4. The zero-order chi connectivity index (χ0) is 17.5. The Hall–Kier alpha value is -2.40. The molecule has 0 saturated carbocycles. The number of benzene rings is 1. The molecular weight excluding hydrogens is 302 g/mol. The first-order chi connectivity index (χ1) is 11.5. The smallest absolute Gasteiger partial charge is 0.253 e. The van der Waals surface area contributed by atoms with E-state index in [4.69, 9.17) is 10.5 Å². The van der Waals surface area contributed by atoms with Crippen LogP contribution in [0.5, 0.6) is 11.5 Å². The third kappa shape index (κ3) is 5.06. The normalized spacial score (nSPS) is 12.0. The Balaban J connectivity index is 1.93.